The van der Waals surface area contributed by atoms with E-state index in [2.05, 4.69) is 145 Å². The molecular weight excluding hydrogens is 548 g/mol. The van der Waals surface area contributed by atoms with Gasteiger partial charge in [0.2, 0.25) is 0 Å². The van der Waals surface area contributed by atoms with E-state index in [1.54, 1.807) is 0 Å². The van der Waals surface area contributed by atoms with Crippen LogP contribution in [0.2, 0.25) is 78.6 Å². The Kier molecular flexibility index (Phi) is 50.3. The molecule has 0 aliphatic rings. The molecule has 0 bridgehead atoms. The van der Waals surface area contributed by atoms with Crippen LogP contribution in [0.5, 0.6) is 0 Å². The Morgan fingerprint density at radius 2 is 0.333 bits per heavy atom. The number of rotatable bonds is 0. The van der Waals surface area contributed by atoms with Crippen molar-refractivity contribution in [1.29, 1.82) is 0 Å². The zero-order valence-corrected chi connectivity index (χ0v) is 32.6. The van der Waals surface area contributed by atoms with Gasteiger partial charge in [0, 0.05) is 0 Å². The molecule has 0 fully saturated rings. The van der Waals surface area contributed by atoms with Gasteiger partial charge in [0.1, 0.15) is 0 Å². The molecule has 0 unspecified atom stereocenters. The van der Waals surface area contributed by atoms with E-state index < -0.39 is 32.3 Å². The largest absolute Gasteiger partial charge is 2.00 e. The second-order valence-electron chi connectivity index (χ2n) is 12.9. The van der Waals surface area contributed by atoms with Crippen molar-refractivity contribution < 1.29 is 34.1 Å². The summed E-state index contributed by atoms with van der Waals surface area (Å²) in [4.78, 5) is 0. The number of hydrogen-bond acceptors (Lipinski definition) is 0. The van der Waals surface area contributed by atoms with Crippen molar-refractivity contribution in [2.45, 2.75) is 78.6 Å². The Balaban J connectivity index is -0.0000000319. The monoisotopic (exact) mass is 610 g/mol. The smallest absolute Gasteiger partial charge is 0.342 e. The van der Waals surface area contributed by atoms with Crippen molar-refractivity contribution in [1.82, 2.24) is 0 Å². The predicted octanol–water partition coefficient (Wildman–Crippen LogP) is 9.50. The zero-order chi connectivity index (χ0) is 25.2. The summed E-state index contributed by atoms with van der Waals surface area (Å²) in [5, 5.41) is 0. The van der Waals surface area contributed by atoms with Crippen LogP contribution in [0, 0.1) is 26.2 Å². The fraction of sp³-hybridized carbons (Fsp3) is 0.818. The van der Waals surface area contributed by atoms with Crippen LogP contribution in [0.3, 0.4) is 0 Å². The number of hydrogen-bond donors (Lipinski definition) is 0. The van der Waals surface area contributed by atoms with Crippen LogP contribution in [0.4, 0.5) is 0 Å². The first-order valence-corrected chi connectivity index (χ1v) is 30.3. The molecule has 0 amide bonds. The summed E-state index contributed by atoms with van der Waals surface area (Å²) in [6.45, 7) is 55.6. The van der Waals surface area contributed by atoms with Gasteiger partial charge in [-0.1, -0.05) is 78.6 Å². The van der Waals surface area contributed by atoms with Crippen LogP contribution in [0.1, 0.15) is 0 Å². The van der Waals surface area contributed by atoms with Gasteiger partial charge in [-0.15, -0.1) is 48.1 Å². The Morgan fingerprint density at radius 1 is 0.333 bits per heavy atom. The maximum atomic E-state index is 3.91. The van der Waals surface area contributed by atoms with E-state index in [-0.39, 0.29) is 34.1 Å². The first-order chi connectivity index (χ1) is 11.5. The SMILES string of the molecule is CP(C)C.CP(C)C.[CH2-][Si](C)(C)C.[CH2-][Si](C)(C)C.[CH2-][Si](C)(C)C.[CH2-][Si](C)(C)C.[Mn+2].[Mn+2]. The Morgan fingerprint density at radius 3 is 0.333 bits per heavy atom. The molecule has 0 aromatic rings. The van der Waals surface area contributed by atoms with Crippen molar-refractivity contribution in [2.24, 2.45) is 0 Å². The topological polar surface area (TPSA) is 0 Å². The molecule has 190 valence electrons. The fourth-order valence-electron chi connectivity index (χ4n) is 0. The molecular formula is C22H62Mn2P2Si4. The first kappa shape index (κ1) is 53.9. The maximum absolute atomic E-state index is 3.91. The van der Waals surface area contributed by atoms with E-state index in [1.807, 2.05) is 0 Å². The summed E-state index contributed by atoms with van der Waals surface area (Å²) in [5.41, 5.74) is 0. The Hall–Kier alpha value is 2.77. The Labute approximate surface area is 225 Å². The summed E-state index contributed by atoms with van der Waals surface area (Å²) in [5.74, 6) is 0. The van der Waals surface area contributed by atoms with Crippen molar-refractivity contribution in [3.05, 3.63) is 26.2 Å². The summed E-state index contributed by atoms with van der Waals surface area (Å²) >= 11 is 0. The second-order valence-corrected chi connectivity index (χ2v) is 38.8. The molecule has 0 aliphatic heterocycles. The standard InChI is InChI=1S/4C4H11Si.2C3H9P.2Mn/c4*1-5(2,3)4;2*1-4(2)3;;/h4*1H2,2-4H3;2*1-3H3;;/q4*-1;;;2*+2. The molecule has 0 saturated heterocycles. The van der Waals surface area contributed by atoms with Gasteiger partial charge >= 0.3 is 34.1 Å². The minimum atomic E-state index is -0.861. The average molecular weight is 611 g/mol. The van der Waals surface area contributed by atoms with Crippen LogP contribution in [0.25, 0.3) is 0 Å². The molecule has 0 spiro atoms. The van der Waals surface area contributed by atoms with E-state index >= 15 is 0 Å². The van der Waals surface area contributed by atoms with Gasteiger partial charge in [-0.2, -0.15) is 0 Å². The van der Waals surface area contributed by atoms with Gasteiger partial charge in [-0.3, -0.25) is 0 Å². The van der Waals surface area contributed by atoms with Crippen molar-refractivity contribution in [3.8, 4) is 0 Å². The van der Waals surface area contributed by atoms with Crippen LogP contribution < -0.4 is 0 Å². The van der Waals surface area contributed by atoms with E-state index in [0.717, 1.165) is 0 Å². The van der Waals surface area contributed by atoms with Gasteiger partial charge in [0.15, 0.2) is 0 Å². The minimum Gasteiger partial charge on any atom is -0.342 e. The van der Waals surface area contributed by atoms with Crippen LogP contribution in [0.15, 0.2) is 0 Å². The first-order valence-electron chi connectivity index (χ1n) is 10.1. The van der Waals surface area contributed by atoms with Crippen molar-refractivity contribution in [2.75, 3.05) is 40.0 Å². The maximum Gasteiger partial charge on any atom is 2.00 e. The van der Waals surface area contributed by atoms with Gasteiger partial charge in [-0.05, 0) is 40.0 Å². The summed E-state index contributed by atoms with van der Waals surface area (Å²) < 4.78 is 0. The van der Waals surface area contributed by atoms with Crippen LogP contribution >= 0.6 is 15.8 Å². The molecule has 0 heterocycles. The third-order valence-electron chi connectivity index (χ3n) is 0. The van der Waals surface area contributed by atoms with Gasteiger partial charge < -0.3 is 26.2 Å². The zero-order valence-electron chi connectivity index (χ0n) is 24.5. The Bertz CT molecular complexity index is 206. The normalized spacial score (nSPS) is 10.4. The molecule has 0 aromatic carbocycles. The van der Waals surface area contributed by atoms with Gasteiger partial charge in [0.05, 0.1) is 0 Å². The fourth-order valence-corrected chi connectivity index (χ4v) is 0. The van der Waals surface area contributed by atoms with Crippen LogP contribution in [-0.2, 0) is 34.1 Å². The van der Waals surface area contributed by atoms with E-state index in [9.17, 15) is 0 Å². The van der Waals surface area contributed by atoms with Gasteiger partial charge in [-0.25, -0.2) is 0 Å². The summed E-state index contributed by atoms with van der Waals surface area (Å²) in [6.07, 6.45) is 0. The third kappa shape index (κ3) is 3560. The minimum absolute atomic E-state index is 0. The second kappa shape index (κ2) is 28.0. The molecule has 0 rings (SSSR count). The van der Waals surface area contributed by atoms with E-state index in [0.29, 0.717) is 15.8 Å². The molecule has 0 N–H and O–H groups in total. The molecule has 0 nitrogen and oxygen atoms in total. The average Bonchev–Trinajstić information content (AvgIpc) is 1.99. The molecule has 0 atom stereocenters. The third-order valence-corrected chi connectivity index (χ3v) is 0. The molecule has 30 heavy (non-hydrogen) atoms. The van der Waals surface area contributed by atoms with Gasteiger partial charge in [0.25, 0.3) is 0 Å². The van der Waals surface area contributed by atoms with Crippen molar-refractivity contribution >= 4 is 48.1 Å². The molecule has 0 saturated carbocycles. The molecule has 8 heteroatoms. The molecule has 2 radical (unpaired) electrons. The molecule has 0 aromatic heterocycles. The molecule has 0 aliphatic carbocycles. The summed E-state index contributed by atoms with van der Waals surface area (Å²) in [7, 11) is -2.69. The van der Waals surface area contributed by atoms with Crippen molar-refractivity contribution in [3.63, 3.8) is 0 Å². The quantitative estimate of drug-likeness (QED) is 0.146. The van der Waals surface area contributed by atoms with Crippen LogP contribution in [-0.4, -0.2) is 72.3 Å². The predicted molar refractivity (Wildman–Crippen MR) is 164 cm³/mol. The summed E-state index contributed by atoms with van der Waals surface area (Å²) in [6, 6.07) is 0. The van der Waals surface area contributed by atoms with E-state index in [4.69, 9.17) is 0 Å². The van der Waals surface area contributed by atoms with E-state index in [1.165, 1.54) is 0 Å².